The molecule has 0 aliphatic carbocycles. The molecule has 0 aliphatic heterocycles. The summed E-state index contributed by atoms with van der Waals surface area (Å²) in [7, 11) is 0. The number of unbranched alkanes of at least 4 members (excludes halogenated alkanes) is 4. The predicted molar refractivity (Wildman–Crippen MR) is 85.9 cm³/mol. The molecule has 0 saturated heterocycles. The third kappa shape index (κ3) is 13.4. The number of rotatable bonds is 11. The monoisotopic (exact) mass is 297 g/mol. The first-order valence-corrected chi connectivity index (χ1v) is 8.00. The van der Waals surface area contributed by atoms with Gasteiger partial charge in [0.2, 0.25) is 5.91 Å². The zero-order valence-corrected chi connectivity index (χ0v) is 14.0. The van der Waals surface area contributed by atoms with Crippen molar-refractivity contribution in [2.75, 3.05) is 6.54 Å². The summed E-state index contributed by atoms with van der Waals surface area (Å²) in [4.78, 5) is 21.5. The van der Waals surface area contributed by atoms with E-state index in [0.717, 1.165) is 32.2 Å². The molecule has 0 bridgehead atoms. The first kappa shape index (κ1) is 19.7. The molecule has 0 heterocycles. The smallest absolute Gasteiger partial charge is 0.302 e. The van der Waals surface area contributed by atoms with Gasteiger partial charge in [0.1, 0.15) is 6.10 Å². The average Bonchev–Trinajstić information content (AvgIpc) is 2.39. The molecule has 21 heavy (non-hydrogen) atoms. The van der Waals surface area contributed by atoms with E-state index in [1.165, 1.54) is 19.8 Å². The second kappa shape index (κ2) is 12.4. The van der Waals surface area contributed by atoms with Gasteiger partial charge in [-0.3, -0.25) is 9.59 Å². The van der Waals surface area contributed by atoms with Gasteiger partial charge in [0.15, 0.2) is 0 Å². The van der Waals surface area contributed by atoms with Crippen LogP contribution < -0.4 is 5.32 Å². The van der Waals surface area contributed by atoms with E-state index in [1.807, 2.05) is 6.92 Å². The highest BCUT2D eigenvalue weighted by molar-refractivity contribution is 5.72. The largest absolute Gasteiger partial charge is 0.463 e. The molecular formula is C17H31NO3. The van der Waals surface area contributed by atoms with Crippen molar-refractivity contribution in [2.24, 2.45) is 5.92 Å². The number of carbonyl (C=O) groups excluding carboxylic acids is 2. The lowest BCUT2D eigenvalue weighted by molar-refractivity contribution is -0.147. The molecule has 4 heteroatoms. The lowest BCUT2D eigenvalue weighted by Gasteiger charge is -2.17. The van der Waals surface area contributed by atoms with E-state index in [1.54, 1.807) is 6.92 Å². The van der Waals surface area contributed by atoms with Crippen LogP contribution in [0.4, 0.5) is 0 Å². The van der Waals surface area contributed by atoms with Crippen molar-refractivity contribution in [1.82, 2.24) is 5.32 Å². The molecule has 2 unspecified atom stereocenters. The van der Waals surface area contributed by atoms with Crippen LogP contribution in [0.15, 0.2) is 12.2 Å². The number of amides is 1. The van der Waals surface area contributed by atoms with Crippen molar-refractivity contribution in [3.8, 4) is 0 Å². The standard InChI is InChI=1S/C17H31NO3/c1-14(15(2)21-17(4)20)12-10-8-6-5-7-9-11-13-18-16(3)19/h8,10,14-15H,5-7,9,11-13H2,1-4H3,(H,18,19). The minimum absolute atomic E-state index is 0.0269. The molecule has 0 rings (SSSR count). The van der Waals surface area contributed by atoms with Gasteiger partial charge in [0.25, 0.3) is 0 Å². The fourth-order valence-electron chi connectivity index (χ4n) is 2.00. The van der Waals surface area contributed by atoms with Crippen LogP contribution in [-0.2, 0) is 14.3 Å². The highest BCUT2D eigenvalue weighted by Crippen LogP contribution is 2.13. The van der Waals surface area contributed by atoms with Crippen molar-refractivity contribution in [3.63, 3.8) is 0 Å². The van der Waals surface area contributed by atoms with E-state index < -0.39 is 0 Å². The molecule has 122 valence electrons. The molecule has 2 atom stereocenters. The third-order valence-electron chi connectivity index (χ3n) is 3.50. The number of allylic oxidation sites excluding steroid dienone is 2. The zero-order chi connectivity index (χ0) is 16.1. The van der Waals surface area contributed by atoms with Gasteiger partial charge in [-0.15, -0.1) is 0 Å². The van der Waals surface area contributed by atoms with Crippen molar-refractivity contribution in [1.29, 1.82) is 0 Å². The number of carbonyl (C=O) groups is 2. The van der Waals surface area contributed by atoms with E-state index in [-0.39, 0.29) is 18.0 Å². The number of nitrogens with one attached hydrogen (secondary N) is 1. The number of hydrogen-bond acceptors (Lipinski definition) is 3. The first-order chi connectivity index (χ1) is 9.93. The van der Waals surface area contributed by atoms with Crippen molar-refractivity contribution in [2.45, 2.75) is 72.3 Å². The lowest BCUT2D eigenvalue weighted by Crippen LogP contribution is -2.20. The summed E-state index contributed by atoms with van der Waals surface area (Å²) in [5.74, 6) is 0.190. The molecule has 1 amide bonds. The molecular weight excluding hydrogens is 266 g/mol. The van der Waals surface area contributed by atoms with Crippen LogP contribution in [0.25, 0.3) is 0 Å². The first-order valence-electron chi connectivity index (χ1n) is 8.00. The van der Waals surface area contributed by atoms with E-state index in [4.69, 9.17) is 4.74 Å². The molecule has 0 aromatic carbocycles. The summed E-state index contributed by atoms with van der Waals surface area (Å²) in [5, 5.41) is 2.80. The van der Waals surface area contributed by atoms with E-state index in [2.05, 4.69) is 24.4 Å². The molecule has 4 nitrogen and oxygen atoms in total. The van der Waals surface area contributed by atoms with Gasteiger partial charge >= 0.3 is 5.97 Å². The quantitative estimate of drug-likeness (QED) is 0.360. The van der Waals surface area contributed by atoms with Crippen LogP contribution in [0.5, 0.6) is 0 Å². The van der Waals surface area contributed by atoms with Crippen LogP contribution in [-0.4, -0.2) is 24.5 Å². The van der Waals surface area contributed by atoms with Gasteiger partial charge in [-0.2, -0.15) is 0 Å². The Morgan fingerprint density at radius 3 is 2.33 bits per heavy atom. The molecule has 0 spiro atoms. The SMILES string of the molecule is CC(=O)NCCCCCCC=CCC(C)C(C)OC(C)=O. The van der Waals surface area contributed by atoms with Crippen LogP contribution >= 0.6 is 0 Å². The van der Waals surface area contributed by atoms with Crippen molar-refractivity contribution >= 4 is 11.9 Å². The number of esters is 1. The number of hydrogen-bond donors (Lipinski definition) is 1. The molecule has 0 radical (unpaired) electrons. The maximum Gasteiger partial charge on any atom is 0.302 e. The van der Waals surface area contributed by atoms with Gasteiger partial charge in [-0.05, 0) is 38.5 Å². The van der Waals surface area contributed by atoms with E-state index in [9.17, 15) is 9.59 Å². The maximum atomic E-state index is 10.9. The zero-order valence-electron chi connectivity index (χ0n) is 14.0. The minimum Gasteiger partial charge on any atom is -0.463 e. The van der Waals surface area contributed by atoms with Gasteiger partial charge in [0.05, 0.1) is 0 Å². The summed E-state index contributed by atoms with van der Waals surface area (Å²) in [6.07, 6.45) is 11.0. The average molecular weight is 297 g/mol. The Kier molecular flexibility index (Phi) is 11.6. The van der Waals surface area contributed by atoms with Crippen LogP contribution in [0.3, 0.4) is 0 Å². The highest BCUT2D eigenvalue weighted by Gasteiger charge is 2.12. The lowest BCUT2D eigenvalue weighted by atomic mass is 10.0. The highest BCUT2D eigenvalue weighted by atomic mass is 16.5. The van der Waals surface area contributed by atoms with E-state index in [0.29, 0.717) is 5.92 Å². The molecule has 0 fully saturated rings. The normalized spacial score (nSPS) is 13.9. The Morgan fingerprint density at radius 2 is 1.71 bits per heavy atom. The Morgan fingerprint density at radius 1 is 1.05 bits per heavy atom. The number of ether oxygens (including phenoxy) is 1. The minimum atomic E-state index is -0.211. The molecule has 0 aliphatic rings. The van der Waals surface area contributed by atoms with Crippen LogP contribution in [0.2, 0.25) is 0 Å². The Balaban J connectivity index is 3.47. The summed E-state index contributed by atoms with van der Waals surface area (Å²) >= 11 is 0. The Labute approximate surface area is 129 Å². The van der Waals surface area contributed by atoms with Gasteiger partial charge in [0, 0.05) is 20.4 Å². The Hall–Kier alpha value is -1.32. The summed E-state index contributed by atoms with van der Waals surface area (Å²) < 4.78 is 5.16. The second-order valence-electron chi connectivity index (χ2n) is 5.68. The van der Waals surface area contributed by atoms with Crippen molar-refractivity contribution < 1.29 is 14.3 Å². The summed E-state index contributed by atoms with van der Waals surface area (Å²) in [6, 6.07) is 0. The summed E-state index contributed by atoms with van der Waals surface area (Å²) in [5.41, 5.74) is 0. The van der Waals surface area contributed by atoms with Crippen LogP contribution in [0, 0.1) is 5.92 Å². The van der Waals surface area contributed by atoms with Crippen molar-refractivity contribution in [3.05, 3.63) is 12.2 Å². The fourth-order valence-corrected chi connectivity index (χ4v) is 2.00. The fraction of sp³-hybridized carbons (Fsp3) is 0.765. The topological polar surface area (TPSA) is 55.4 Å². The second-order valence-corrected chi connectivity index (χ2v) is 5.68. The van der Waals surface area contributed by atoms with Gasteiger partial charge in [-0.1, -0.05) is 31.9 Å². The maximum absolute atomic E-state index is 10.9. The van der Waals surface area contributed by atoms with Gasteiger partial charge in [-0.25, -0.2) is 0 Å². The molecule has 0 saturated carbocycles. The third-order valence-corrected chi connectivity index (χ3v) is 3.50. The van der Waals surface area contributed by atoms with E-state index >= 15 is 0 Å². The molecule has 0 aromatic heterocycles. The van der Waals surface area contributed by atoms with Crippen LogP contribution in [0.1, 0.15) is 66.2 Å². The Bertz CT molecular complexity index is 326. The van der Waals surface area contributed by atoms with Gasteiger partial charge < -0.3 is 10.1 Å². The molecule has 0 aromatic rings. The predicted octanol–water partition coefficient (Wildman–Crippen LogP) is 3.61. The molecule has 1 N–H and O–H groups in total. The summed E-state index contributed by atoms with van der Waals surface area (Å²) in [6.45, 7) is 7.82.